The van der Waals surface area contributed by atoms with E-state index in [1.165, 1.54) is 5.56 Å². The van der Waals surface area contributed by atoms with Gasteiger partial charge in [0, 0.05) is 30.1 Å². The zero-order valence-corrected chi connectivity index (χ0v) is 28.2. The van der Waals surface area contributed by atoms with Crippen molar-refractivity contribution in [2.75, 3.05) is 39.3 Å². The van der Waals surface area contributed by atoms with E-state index in [4.69, 9.17) is 19.2 Å². The molecule has 252 valence electrons. The van der Waals surface area contributed by atoms with Crippen LogP contribution in [-0.2, 0) is 6.42 Å². The number of nitrogens with zero attached hydrogens (tertiary/aromatic N) is 5. The van der Waals surface area contributed by atoms with Crippen molar-refractivity contribution < 1.29 is 19.0 Å². The molecule has 50 heavy (non-hydrogen) atoms. The van der Waals surface area contributed by atoms with Crippen LogP contribution in [0.25, 0.3) is 33.6 Å². The summed E-state index contributed by atoms with van der Waals surface area (Å²) in [4.78, 5) is 30.5. The summed E-state index contributed by atoms with van der Waals surface area (Å²) in [5.74, 6) is 2.67. The Morgan fingerprint density at radius 2 is 1.78 bits per heavy atom. The van der Waals surface area contributed by atoms with Gasteiger partial charge < -0.3 is 24.4 Å². The number of carbonyl (C=O) groups excluding carboxylic acids is 1. The number of amides is 1. The molecule has 3 aromatic heterocycles. The molecule has 11 nitrogen and oxygen atoms in total. The minimum atomic E-state index is -0.0760. The Morgan fingerprint density at radius 3 is 2.60 bits per heavy atom. The van der Waals surface area contributed by atoms with Crippen LogP contribution < -0.4 is 24.4 Å². The Bertz CT molecular complexity index is 2260. The lowest BCUT2D eigenvalue weighted by Gasteiger charge is -2.23. The number of H-pyrrole nitrogens is 1. The molecular weight excluding hydrogens is 630 g/mol. The van der Waals surface area contributed by atoms with E-state index in [0.29, 0.717) is 35.0 Å². The molecule has 1 unspecified atom stereocenters. The second-order valence-corrected chi connectivity index (χ2v) is 12.6. The van der Waals surface area contributed by atoms with Crippen LogP contribution in [0.1, 0.15) is 57.9 Å². The Balaban J connectivity index is 1.08. The lowest BCUT2D eigenvalue weighted by Crippen LogP contribution is -2.28. The van der Waals surface area contributed by atoms with Crippen molar-refractivity contribution in [1.29, 1.82) is 0 Å². The largest absolute Gasteiger partial charge is 0.493 e. The number of para-hydroxylation sites is 2. The van der Waals surface area contributed by atoms with Crippen molar-refractivity contribution in [3.8, 4) is 17.2 Å². The highest BCUT2D eigenvalue weighted by atomic mass is 16.5. The molecule has 1 amide bonds. The molecule has 4 heterocycles. The quantitative estimate of drug-likeness (QED) is 0.170. The first-order valence-electron chi connectivity index (χ1n) is 16.8. The SMILES string of the molecule is COc1cc(/C=C2/CCCc3c2nc2ccccc2c3C(=O)NCCC2CN(c3ncnc4[nH]ncc34)c3ccccc32)cc(OC)c1OC. The first kappa shape index (κ1) is 31.3. The predicted octanol–water partition coefficient (Wildman–Crippen LogP) is 6.86. The van der Waals surface area contributed by atoms with E-state index in [-0.39, 0.29) is 11.8 Å². The fourth-order valence-electron chi connectivity index (χ4n) is 7.48. The predicted molar refractivity (Wildman–Crippen MR) is 193 cm³/mol. The molecule has 6 aromatic rings. The molecule has 11 heteroatoms. The van der Waals surface area contributed by atoms with Gasteiger partial charge in [-0.15, -0.1) is 0 Å². The molecular formula is C39H37N7O4. The number of carbonyl (C=O) groups is 1. The maximum atomic E-state index is 14.2. The third-order valence-corrected chi connectivity index (χ3v) is 9.76. The van der Waals surface area contributed by atoms with Crippen molar-refractivity contribution in [3.63, 3.8) is 0 Å². The van der Waals surface area contributed by atoms with Gasteiger partial charge in [0.05, 0.1) is 49.7 Å². The average Bonchev–Trinajstić information content (AvgIpc) is 3.79. The molecule has 2 aliphatic rings. The summed E-state index contributed by atoms with van der Waals surface area (Å²) in [5, 5.41) is 12.2. The highest BCUT2D eigenvalue weighted by molar-refractivity contribution is 6.09. The molecule has 0 spiro atoms. The number of pyridine rings is 1. The summed E-state index contributed by atoms with van der Waals surface area (Å²) in [5.41, 5.74) is 8.39. The van der Waals surface area contributed by atoms with Crippen LogP contribution >= 0.6 is 0 Å². The normalized spacial score (nSPS) is 16.0. The number of aromatic amines is 1. The van der Waals surface area contributed by atoms with Gasteiger partial charge in [0.15, 0.2) is 17.1 Å². The van der Waals surface area contributed by atoms with Crippen molar-refractivity contribution in [2.45, 2.75) is 31.6 Å². The summed E-state index contributed by atoms with van der Waals surface area (Å²) >= 11 is 0. The number of aromatic nitrogens is 5. The van der Waals surface area contributed by atoms with Gasteiger partial charge in [0.2, 0.25) is 5.75 Å². The summed E-state index contributed by atoms with van der Waals surface area (Å²) in [6, 6.07) is 20.2. The van der Waals surface area contributed by atoms with Crippen LogP contribution in [0, 0.1) is 0 Å². The van der Waals surface area contributed by atoms with E-state index in [1.54, 1.807) is 33.9 Å². The van der Waals surface area contributed by atoms with E-state index in [1.807, 2.05) is 42.5 Å². The number of rotatable bonds is 9. The van der Waals surface area contributed by atoms with E-state index in [9.17, 15) is 4.79 Å². The van der Waals surface area contributed by atoms with Gasteiger partial charge in [0.1, 0.15) is 12.1 Å². The number of methoxy groups -OCH3 is 3. The van der Waals surface area contributed by atoms with E-state index >= 15 is 0 Å². The van der Waals surface area contributed by atoms with E-state index < -0.39 is 0 Å². The van der Waals surface area contributed by atoms with Crippen LogP contribution in [0.15, 0.2) is 73.2 Å². The smallest absolute Gasteiger partial charge is 0.252 e. The van der Waals surface area contributed by atoms with Crippen LogP contribution in [-0.4, -0.2) is 65.5 Å². The standard InChI is InChI=1S/C39H37N7O4/c1-48-32-18-23(19-33(49-2)36(32)50-3)17-24-9-8-12-28-34(27-11-4-6-13-30(27)44-35(24)28)39(47)40-16-15-25-21-46(31-14-7-5-10-26(25)31)38-29-20-43-45-37(29)41-22-42-38/h4-7,10-11,13-14,17-20,22,25H,8-9,12,15-16,21H2,1-3H3,(H,40,47)(H,41,42,43,45)/b24-17-. The number of benzene rings is 3. The maximum absolute atomic E-state index is 14.2. The third-order valence-electron chi connectivity index (χ3n) is 9.76. The number of anilines is 2. The van der Waals surface area contributed by atoms with Crippen molar-refractivity contribution in [1.82, 2.24) is 30.5 Å². The van der Waals surface area contributed by atoms with Gasteiger partial charge >= 0.3 is 0 Å². The fraction of sp³-hybridized carbons (Fsp3) is 0.256. The molecule has 0 radical (unpaired) electrons. The van der Waals surface area contributed by atoms with Crippen molar-refractivity contribution in [3.05, 3.63) is 101 Å². The third kappa shape index (κ3) is 5.44. The molecule has 0 fully saturated rings. The number of allylic oxidation sites excluding steroid dienone is 1. The topological polar surface area (TPSA) is 127 Å². The zero-order chi connectivity index (χ0) is 34.2. The second kappa shape index (κ2) is 13.1. The summed E-state index contributed by atoms with van der Waals surface area (Å²) in [6.45, 7) is 1.27. The Morgan fingerprint density at radius 1 is 0.980 bits per heavy atom. The van der Waals surface area contributed by atoms with Gasteiger partial charge in [-0.1, -0.05) is 36.4 Å². The van der Waals surface area contributed by atoms with Crippen LogP contribution in [0.3, 0.4) is 0 Å². The molecule has 0 saturated carbocycles. The number of fused-ring (bicyclic) bond motifs is 4. The first-order chi connectivity index (χ1) is 24.6. The minimum absolute atomic E-state index is 0.0760. The van der Waals surface area contributed by atoms with E-state index in [0.717, 1.165) is 82.4 Å². The van der Waals surface area contributed by atoms with Crippen LogP contribution in [0.5, 0.6) is 17.2 Å². The van der Waals surface area contributed by atoms with Gasteiger partial charge in [-0.2, -0.15) is 5.10 Å². The number of nitrogens with one attached hydrogen (secondary N) is 2. The molecule has 8 rings (SSSR count). The monoisotopic (exact) mass is 667 g/mol. The van der Waals surface area contributed by atoms with E-state index in [2.05, 4.69) is 54.7 Å². The lowest BCUT2D eigenvalue weighted by atomic mass is 9.85. The molecule has 2 N–H and O–H groups in total. The Labute approximate surface area is 289 Å². The number of hydrogen-bond donors (Lipinski definition) is 2. The molecule has 0 bridgehead atoms. The van der Waals surface area contributed by atoms with Crippen LogP contribution in [0.4, 0.5) is 11.5 Å². The van der Waals surface area contributed by atoms with Gasteiger partial charge in [0.25, 0.3) is 5.91 Å². The Hall–Kier alpha value is -5.97. The fourth-order valence-corrected chi connectivity index (χ4v) is 7.48. The van der Waals surface area contributed by atoms with Gasteiger partial charge in [-0.25, -0.2) is 15.0 Å². The van der Waals surface area contributed by atoms with Crippen LogP contribution in [0.2, 0.25) is 0 Å². The zero-order valence-electron chi connectivity index (χ0n) is 28.2. The molecule has 1 atom stereocenters. The molecule has 1 aliphatic heterocycles. The second-order valence-electron chi connectivity index (χ2n) is 12.6. The average molecular weight is 668 g/mol. The maximum Gasteiger partial charge on any atom is 0.252 e. The van der Waals surface area contributed by atoms with Gasteiger partial charge in [-0.05, 0) is 78.3 Å². The van der Waals surface area contributed by atoms with Crippen molar-refractivity contribution >= 4 is 51.0 Å². The highest BCUT2D eigenvalue weighted by Crippen LogP contribution is 2.44. The Kier molecular flexibility index (Phi) is 8.23. The van der Waals surface area contributed by atoms with Crippen molar-refractivity contribution in [2.24, 2.45) is 0 Å². The summed E-state index contributed by atoms with van der Waals surface area (Å²) in [6.07, 6.45) is 8.74. The summed E-state index contributed by atoms with van der Waals surface area (Å²) in [7, 11) is 4.82. The molecule has 1 aliphatic carbocycles. The first-order valence-corrected chi connectivity index (χ1v) is 16.8. The lowest BCUT2D eigenvalue weighted by molar-refractivity contribution is 0.0953. The number of hydrogen-bond acceptors (Lipinski definition) is 9. The minimum Gasteiger partial charge on any atom is -0.493 e. The van der Waals surface area contributed by atoms with Gasteiger partial charge in [-0.3, -0.25) is 9.89 Å². The number of ether oxygens (including phenoxy) is 3. The molecule has 0 saturated heterocycles. The highest BCUT2D eigenvalue weighted by Gasteiger charge is 2.31. The summed E-state index contributed by atoms with van der Waals surface area (Å²) < 4.78 is 16.7. The molecule has 3 aromatic carbocycles.